The standard InChI is InChI=1S/C19H44N2O2Si2/c1-8-21(18-11-9-12-20-18)19(17(2)22)23-13-10-14-25(6,7)16-15-24(3,4)5/h17-20,22H,8-16H2,1-7H3. The summed E-state index contributed by atoms with van der Waals surface area (Å²) in [7, 11) is -2.03. The minimum Gasteiger partial charge on any atom is -0.389 e. The van der Waals surface area contributed by atoms with Gasteiger partial charge in [-0.2, -0.15) is 0 Å². The third-order valence-electron chi connectivity index (χ3n) is 5.38. The van der Waals surface area contributed by atoms with Gasteiger partial charge in [0.05, 0.1) is 12.3 Å². The van der Waals surface area contributed by atoms with Crippen LogP contribution in [0.1, 0.15) is 33.1 Å². The fourth-order valence-electron chi connectivity index (χ4n) is 3.63. The highest BCUT2D eigenvalue weighted by Crippen LogP contribution is 2.25. The highest BCUT2D eigenvalue weighted by atomic mass is 28.3. The Bertz CT molecular complexity index is 367. The molecule has 3 atom stereocenters. The van der Waals surface area contributed by atoms with Gasteiger partial charge in [-0.25, -0.2) is 0 Å². The molecule has 1 aliphatic rings. The van der Waals surface area contributed by atoms with Gasteiger partial charge in [0.1, 0.15) is 6.23 Å². The van der Waals surface area contributed by atoms with E-state index in [0.717, 1.165) is 32.5 Å². The molecule has 6 heteroatoms. The monoisotopic (exact) mass is 388 g/mol. The SMILES string of the molecule is CCN(C1CCCN1)C(OCCC[Si](C)(C)CC[Si](C)(C)C)C(C)O. The molecule has 0 bridgehead atoms. The van der Waals surface area contributed by atoms with Crippen molar-refractivity contribution in [3.05, 3.63) is 0 Å². The molecule has 0 aromatic heterocycles. The van der Waals surface area contributed by atoms with Crippen LogP contribution in [0, 0.1) is 0 Å². The van der Waals surface area contributed by atoms with E-state index in [1.807, 2.05) is 6.92 Å². The second-order valence-corrected chi connectivity index (χ2v) is 20.7. The Hall–Kier alpha value is 0.274. The van der Waals surface area contributed by atoms with E-state index < -0.39 is 22.3 Å². The molecule has 1 saturated heterocycles. The summed E-state index contributed by atoms with van der Waals surface area (Å²) in [6, 6.07) is 4.24. The maximum atomic E-state index is 10.2. The van der Waals surface area contributed by atoms with Crippen molar-refractivity contribution >= 4 is 16.1 Å². The van der Waals surface area contributed by atoms with Crippen LogP contribution in [0.2, 0.25) is 50.9 Å². The van der Waals surface area contributed by atoms with E-state index in [1.54, 1.807) is 0 Å². The Labute approximate surface area is 158 Å². The van der Waals surface area contributed by atoms with Gasteiger partial charge in [0.15, 0.2) is 0 Å². The number of aliphatic hydroxyl groups is 1. The van der Waals surface area contributed by atoms with Crippen LogP contribution in [0.15, 0.2) is 0 Å². The van der Waals surface area contributed by atoms with E-state index in [2.05, 4.69) is 49.9 Å². The summed E-state index contributed by atoms with van der Waals surface area (Å²) in [4.78, 5) is 2.30. The van der Waals surface area contributed by atoms with Crippen molar-refractivity contribution in [1.82, 2.24) is 10.2 Å². The molecule has 2 N–H and O–H groups in total. The Morgan fingerprint density at radius 1 is 1.16 bits per heavy atom. The topological polar surface area (TPSA) is 44.7 Å². The van der Waals surface area contributed by atoms with Crippen LogP contribution >= 0.6 is 0 Å². The predicted octanol–water partition coefficient (Wildman–Crippen LogP) is 4.18. The van der Waals surface area contributed by atoms with Crippen molar-refractivity contribution < 1.29 is 9.84 Å². The molecule has 4 nitrogen and oxygen atoms in total. The van der Waals surface area contributed by atoms with Crippen molar-refractivity contribution in [3.63, 3.8) is 0 Å². The minimum atomic E-state index is -1.11. The molecule has 0 aliphatic carbocycles. The fourth-order valence-corrected chi connectivity index (χ4v) is 10.7. The molecule has 1 aliphatic heterocycles. The summed E-state index contributed by atoms with van der Waals surface area (Å²) >= 11 is 0. The van der Waals surface area contributed by atoms with Gasteiger partial charge in [-0.15, -0.1) is 0 Å². The third-order valence-corrected chi connectivity index (χ3v) is 10.9. The molecule has 0 radical (unpaired) electrons. The maximum Gasteiger partial charge on any atom is 0.137 e. The smallest absolute Gasteiger partial charge is 0.137 e. The Kier molecular flexibility index (Phi) is 9.85. The van der Waals surface area contributed by atoms with Crippen molar-refractivity contribution in [2.45, 2.75) is 102 Å². The van der Waals surface area contributed by atoms with Crippen molar-refractivity contribution in [2.24, 2.45) is 0 Å². The summed E-state index contributed by atoms with van der Waals surface area (Å²) in [5, 5.41) is 13.8. The average molecular weight is 389 g/mol. The van der Waals surface area contributed by atoms with Gasteiger partial charge in [0.25, 0.3) is 0 Å². The van der Waals surface area contributed by atoms with E-state index in [-0.39, 0.29) is 6.23 Å². The van der Waals surface area contributed by atoms with Gasteiger partial charge < -0.3 is 15.2 Å². The molecule has 1 heterocycles. The average Bonchev–Trinajstić information content (AvgIpc) is 3.01. The molecular weight excluding hydrogens is 344 g/mol. The third kappa shape index (κ3) is 9.15. The predicted molar refractivity (Wildman–Crippen MR) is 115 cm³/mol. The first-order valence-electron chi connectivity index (χ1n) is 10.3. The summed E-state index contributed by atoms with van der Waals surface area (Å²) in [5.41, 5.74) is 0. The van der Waals surface area contributed by atoms with Crippen LogP contribution in [-0.4, -0.2) is 64.3 Å². The highest BCUT2D eigenvalue weighted by molar-refractivity contribution is 6.82. The van der Waals surface area contributed by atoms with Gasteiger partial charge in [0, 0.05) is 22.8 Å². The molecule has 1 rings (SSSR count). The molecule has 3 unspecified atom stereocenters. The van der Waals surface area contributed by atoms with Gasteiger partial charge in [0.2, 0.25) is 0 Å². The number of hydrogen-bond acceptors (Lipinski definition) is 4. The lowest BCUT2D eigenvalue weighted by atomic mass is 10.2. The Morgan fingerprint density at radius 3 is 2.32 bits per heavy atom. The zero-order chi connectivity index (χ0) is 19.1. The van der Waals surface area contributed by atoms with Crippen LogP contribution in [0.5, 0.6) is 0 Å². The van der Waals surface area contributed by atoms with Crippen molar-refractivity contribution in [1.29, 1.82) is 0 Å². The zero-order valence-electron chi connectivity index (χ0n) is 17.9. The normalized spacial score (nSPS) is 21.7. The van der Waals surface area contributed by atoms with E-state index in [4.69, 9.17) is 4.74 Å². The summed E-state index contributed by atoms with van der Waals surface area (Å²) in [5.74, 6) is 0. The lowest BCUT2D eigenvalue weighted by molar-refractivity contribution is -0.134. The quantitative estimate of drug-likeness (QED) is 0.299. The summed E-state index contributed by atoms with van der Waals surface area (Å²) in [6.07, 6.45) is 3.20. The van der Waals surface area contributed by atoms with Crippen LogP contribution < -0.4 is 5.32 Å². The number of nitrogens with zero attached hydrogens (tertiary/aromatic N) is 1. The zero-order valence-corrected chi connectivity index (χ0v) is 19.9. The number of nitrogens with one attached hydrogen (secondary N) is 1. The summed E-state index contributed by atoms with van der Waals surface area (Å²) in [6.45, 7) is 19.2. The van der Waals surface area contributed by atoms with E-state index in [1.165, 1.54) is 24.6 Å². The molecule has 0 saturated carbocycles. The molecule has 150 valence electrons. The number of aliphatic hydroxyl groups excluding tert-OH is 1. The van der Waals surface area contributed by atoms with E-state index in [9.17, 15) is 5.11 Å². The van der Waals surface area contributed by atoms with Crippen LogP contribution in [-0.2, 0) is 4.74 Å². The van der Waals surface area contributed by atoms with Crippen LogP contribution in [0.25, 0.3) is 0 Å². The molecule has 0 amide bonds. The molecule has 0 spiro atoms. The Morgan fingerprint density at radius 2 is 1.84 bits per heavy atom. The number of hydrogen-bond donors (Lipinski definition) is 2. The largest absolute Gasteiger partial charge is 0.389 e. The maximum absolute atomic E-state index is 10.2. The van der Waals surface area contributed by atoms with Crippen molar-refractivity contribution in [3.8, 4) is 0 Å². The van der Waals surface area contributed by atoms with E-state index >= 15 is 0 Å². The number of likely N-dealkylation sites (N-methyl/N-ethyl adjacent to an activating group) is 1. The van der Waals surface area contributed by atoms with Crippen LogP contribution in [0.4, 0.5) is 0 Å². The van der Waals surface area contributed by atoms with E-state index in [0.29, 0.717) is 6.17 Å². The fraction of sp³-hybridized carbons (Fsp3) is 1.00. The lowest BCUT2D eigenvalue weighted by Gasteiger charge is -2.37. The Balaban J connectivity index is 2.42. The second kappa shape index (κ2) is 10.6. The van der Waals surface area contributed by atoms with Gasteiger partial charge >= 0.3 is 0 Å². The minimum absolute atomic E-state index is 0.188. The number of ether oxygens (including phenoxy) is 1. The molecular formula is C19H44N2O2Si2. The van der Waals surface area contributed by atoms with Crippen molar-refractivity contribution in [2.75, 3.05) is 19.7 Å². The first-order chi connectivity index (χ1) is 11.6. The molecule has 0 aromatic carbocycles. The van der Waals surface area contributed by atoms with Gasteiger partial charge in [-0.3, -0.25) is 4.90 Å². The molecule has 25 heavy (non-hydrogen) atoms. The lowest BCUT2D eigenvalue weighted by Crippen LogP contribution is -2.53. The van der Waals surface area contributed by atoms with Gasteiger partial charge in [-0.1, -0.05) is 57.8 Å². The highest BCUT2D eigenvalue weighted by Gasteiger charge is 2.31. The summed E-state index contributed by atoms with van der Waals surface area (Å²) < 4.78 is 6.18. The number of rotatable bonds is 12. The molecule has 1 fully saturated rings. The van der Waals surface area contributed by atoms with Gasteiger partial charge in [-0.05, 0) is 39.3 Å². The van der Waals surface area contributed by atoms with Crippen LogP contribution in [0.3, 0.4) is 0 Å². The first kappa shape index (κ1) is 23.3. The second-order valence-electron chi connectivity index (χ2n) is 9.77. The first-order valence-corrected chi connectivity index (χ1v) is 17.5. The molecule has 0 aromatic rings.